The van der Waals surface area contributed by atoms with Gasteiger partial charge in [0.25, 0.3) is 0 Å². The molecule has 0 saturated heterocycles. The van der Waals surface area contributed by atoms with Crippen molar-refractivity contribution in [2.75, 3.05) is 13.7 Å². The maximum atomic E-state index is 8.95. The van der Waals surface area contributed by atoms with Gasteiger partial charge in [-0.1, -0.05) is 37.6 Å². The van der Waals surface area contributed by atoms with Crippen LogP contribution in [0.3, 0.4) is 0 Å². The SMILES string of the molecule is CCCC(COC)NCc1ccc(CO)cc1. The monoisotopic (exact) mass is 237 g/mol. The first-order chi connectivity index (χ1) is 8.30. The Morgan fingerprint density at radius 2 is 1.88 bits per heavy atom. The molecule has 0 aromatic heterocycles. The van der Waals surface area contributed by atoms with Crippen molar-refractivity contribution < 1.29 is 9.84 Å². The van der Waals surface area contributed by atoms with Crippen LogP contribution in [-0.2, 0) is 17.9 Å². The number of aliphatic hydroxyl groups excluding tert-OH is 1. The van der Waals surface area contributed by atoms with Crippen LogP contribution in [0.5, 0.6) is 0 Å². The molecule has 0 heterocycles. The minimum absolute atomic E-state index is 0.107. The zero-order valence-corrected chi connectivity index (χ0v) is 10.8. The van der Waals surface area contributed by atoms with Crippen LogP contribution >= 0.6 is 0 Å². The average Bonchev–Trinajstić information content (AvgIpc) is 2.37. The number of hydrogen-bond donors (Lipinski definition) is 2. The lowest BCUT2D eigenvalue weighted by Crippen LogP contribution is -2.32. The molecule has 0 aliphatic rings. The van der Waals surface area contributed by atoms with Gasteiger partial charge in [-0.25, -0.2) is 0 Å². The first kappa shape index (κ1) is 14.2. The van der Waals surface area contributed by atoms with Gasteiger partial charge in [0, 0.05) is 19.7 Å². The Hall–Kier alpha value is -0.900. The normalized spacial score (nSPS) is 12.6. The third-order valence-corrected chi connectivity index (χ3v) is 2.81. The van der Waals surface area contributed by atoms with E-state index < -0.39 is 0 Å². The van der Waals surface area contributed by atoms with Gasteiger partial charge in [0.2, 0.25) is 0 Å². The number of rotatable bonds is 8. The molecule has 0 radical (unpaired) electrons. The van der Waals surface area contributed by atoms with Gasteiger partial charge >= 0.3 is 0 Å². The molecule has 0 fully saturated rings. The van der Waals surface area contributed by atoms with E-state index in [-0.39, 0.29) is 6.61 Å². The first-order valence-corrected chi connectivity index (χ1v) is 6.21. The third-order valence-electron chi connectivity index (χ3n) is 2.81. The second-order valence-corrected chi connectivity index (χ2v) is 4.30. The maximum Gasteiger partial charge on any atom is 0.0681 e. The summed E-state index contributed by atoms with van der Waals surface area (Å²) in [5, 5.41) is 12.4. The van der Waals surface area contributed by atoms with Crippen LogP contribution < -0.4 is 5.32 Å². The minimum Gasteiger partial charge on any atom is -0.392 e. The topological polar surface area (TPSA) is 41.5 Å². The molecule has 1 rings (SSSR count). The van der Waals surface area contributed by atoms with E-state index in [0.29, 0.717) is 6.04 Å². The largest absolute Gasteiger partial charge is 0.392 e. The van der Waals surface area contributed by atoms with Gasteiger partial charge in [-0.15, -0.1) is 0 Å². The molecule has 0 saturated carbocycles. The molecule has 0 bridgehead atoms. The van der Waals surface area contributed by atoms with Crippen molar-refractivity contribution in [2.24, 2.45) is 0 Å². The summed E-state index contributed by atoms with van der Waals surface area (Å²) in [5.74, 6) is 0. The zero-order chi connectivity index (χ0) is 12.5. The second kappa shape index (κ2) is 8.23. The summed E-state index contributed by atoms with van der Waals surface area (Å²) in [5.41, 5.74) is 2.19. The standard InChI is InChI=1S/C14H23NO2/c1-3-4-14(11-17-2)15-9-12-5-7-13(10-16)8-6-12/h5-8,14-16H,3-4,9-11H2,1-2H3. The smallest absolute Gasteiger partial charge is 0.0681 e. The summed E-state index contributed by atoms with van der Waals surface area (Å²) in [6.45, 7) is 3.89. The van der Waals surface area contributed by atoms with Gasteiger partial charge in [0.05, 0.1) is 13.2 Å². The first-order valence-electron chi connectivity index (χ1n) is 6.21. The van der Waals surface area contributed by atoms with Crippen LogP contribution in [0, 0.1) is 0 Å². The molecule has 1 aromatic carbocycles. The fourth-order valence-electron chi connectivity index (χ4n) is 1.82. The van der Waals surface area contributed by atoms with Gasteiger partial charge in [0.1, 0.15) is 0 Å². The van der Waals surface area contributed by atoms with E-state index >= 15 is 0 Å². The molecule has 17 heavy (non-hydrogen) atoms. The Morgan fingerprint density at radius 1 is 1.24 bits per heavy atom. The molecule has 0 spiro atoms. The van der Waals surface area contributed by atoms with E-state index in [1.165, 1.54) is 5.56 Å². The lowest BCUT2D eigenvalue weighted by molar-refractivity contribution is 0.161. The average molecular weight is 237 g/mol. The van der Waals surface area contributed by atoms with Crippen LogP contribution in [0.15, 0.2) is 24.3 Å². The van der Waals surface area contributed by atoms with E-state index in [1.807, 2.05) is 24.3 Å². The predicted octanol–water partition coefficient (Wildman–Crippen LogP) is 2.08. The molecule has 0 aliphatic carbocycles. The Morgan fingerprint density at radius 3 is 2.41 bits per heavy atom. The number of benzene rings is 1. The van der Waals surface area contributed by atoms with Crippen LogP contribution in [0.25, 0.3) is 0 Å². The van der Waals surface area contributed by atoms with Crippen molar-refractivity contribution in [3.63, 3.8) is 0 Å². The van der Waals surface area contributed by atoms with Gasteiger partial charge in [0.15, 0.2) is 0 Å². The summed E-state index contributed by atoms with van der Waals surface area (Å²) in [4.78, 5) is 0. The summed E-state index contributed by atoms with van der Waals surface area (Å²) < 4.78 is 5.19. The highest BCUT2D eigenvalue weighted by Crippen LogP contribution is 2.05. The second-order valence-electron chi connectivity index (χ2n) is 4.30. The van der Waals surface area contributed by atoms with Crippen molar-refractivity contribution in [3.8, 4) is 0 Å². The Kier molecular flexibility index (Phi) is 6.86. The van der Waals surface area contributed by atoms with E-state index in [4.69, 9.17) is 9.84 Å². The fourth-order valence-corrected chi connectivity index (χ4v) is 1.82. The van der Waals surface area contributed by atoms with Crippen molar-refractivity contribution in [1.82, 2.24) is 5.32 Å². The van der Waals surface area contributed by atoms with Gasteiger partial charge in [-0.3, -0.25) is 0 Å². The van der Waals surface area contributed by atoms with Gasteiger partial charge in [-0.2, -0.15) is 0 Å². The zero-order valence-electron chi connectivity index (χ0n) is 10.8. The lowest BCUT2D eigenvalue weighted by Gasteiger charge is -2.17. The maximum absolute atomic E-state index is 8.95. The molecule has 1 unspecified atom stereocenters. The summed E-state index contributed by atoms with van der Waals surface area (Å²) in [7, 11) is 1.74. The van der Waals surface area contributed by atoms with E-state index in [1.54, 1.807) is 7.11 Å². The summed E-state index contributed by atoms with van der Waals surface area (Å²) in [6, 6.07) is 8.44. The van der Waals surface area contributed by atoms with Crippen LogP contribution in [0.4, 0.5) is 0 Å². The quantitative estimate of drug-likeness (QED) is 0.727. The Balaban J connectivity index is 2.41. The molecule has 2 N–H and O–H groups in total. The molecule has 3 nitrogen and oxygen atoms in total. The van der Waals surface area contributed by atoms with Gasteiger partial charge in [-0.05, 0) is 17.5 Å². The highest BCUT2D eigenvalue weighted by Gasteiger charge is 2.06. The van der Waals surface area contributed by atoms with Crippen molar-refractivity contribution in [2.45, 2.75) is 39.0 Å². The van der Waals surface area contributed by atoms with Crippen molar-refractivity contribution >= 4 is 0 Å². The molecule has 96 valence electrons. The van der Waals surface area contributed by atoms with Crippen LogP contribution in [0.2, 0.25) is 0 Å². The predicted molar refractivity (Wildman–Crippen MR) is 69.8 cm³/mol. The van der Waals surface area contributed by atoms with Crippen LogP contribution in [0.1, 0.15) is 30.9 Å². The highest BCUT2D eigenvalue weighted by atomic mass is 16.5. The summed E-state index contributed by atoms with van der Waals surface area (Å²) in [6.07, 6.45) is 2.28. The van der Waals surface area contributed by atoms with Crippen molar-refractivity contribution in [1.29, 1.82) is 0 Å². The van der Waals surface area contributed by atoms with E-state index in [0.717, 1.165) is 31.6 Å². The molecule has 3 heteroatoms. The van der Waals surface area contributed by atoms with Crippen molar-refractivity contribution in [3.05, 3.63) is 35.4 Å². The summed E-state index contributed by atoms with van der Waals surface area (Å²) >= 11 is 0. The molecule has 0 amide bonds. The Labute approximate surface area is 104 Å². The molecule has 0 aliphatic heterocycles. The van der Waals surface area contributed by atoms with Gasteiger partial charge < -0.3 is 15.2 Å². The number of nitrogens with one attached hydrogen (secondary N) is 1. The number of aliphatic hydroxyl groups is 1. The Bertz CT molecular complexity index is 292. The molecule has 1 aromatic rings. The third kappa shape index (κ3) is 5.31. The lowest BCUT2D eigenvalue weighted by atomic mass is 10.1. The molecular weight excluding hydrogens is 214 g/mol. The van der Waals surface area contributed by atoms with Crippen LogP contribution in [-0.4, -0.2) is 24.9 Å². The fraction of sp³-hybridized carbons (Fsp3) is 0.571. The molecule has 1 atom stereocenters. The number of hydrogen-bond acceptors (Lipinski definition) is 3. The highest BCUT2D eigenvalue weighted by molar-refractivity contribution is 5.21. The minimum atomic E-state index is 0.107. The number of ether oxygens (including phenoxy) is 1. The van der Waals surface area contributed by atoms with E-state index in [9.17, 15) is 0 Å². The number of methoxy groups -OCH3 is 1. The van der Waals surface area contributed by atoms with E-state index in [2.05, 4.69) is 12.2 Å². The molecular formula is C14H23NO2.